The van der Waals surface area contributed by atoms with Gasteiger partial charge in [-0.25, -0.2) is 9.78 Å². The molecule has 1 heterocycles. The van der Waals surface area contributed by atoms with E-state index in [0.29, 0.717) is 5.69 Å². The molecule has 0 saturated carbocycles. The summed E-state index contributed by atoms with van der Waals surface area (Å²) in [6, 6.07) is -5.82. The number of amides is 5. The first-order valence-electron chi connectivity index (χ1n) is 10.4. The fourth-order valence-electron chi connectivity index (χ4n) is 2.85. The Labute approximate surface area is 199 Å². The lowest BCUT2D eigenvalue weighted by atomic mass is 10.1. The van der Waals surface area contributed by atoms with Crippen molar-refractivity contribution in [1.29, 1.82) is 0 Å². The second kappa shape index (κ2) is 13.6. The van der Waals surface area contributed by atoms with Crippen LogP contribution >= 0.6 is 0 Å². The van der Waals surface area contributed by atoms with Gasteiger partial charge in [0.2, 0.25) is 29.5 Å². The van der Waals surface area contributed by atoms with Crippen molar-refractivity contribution < 1.29 is 39.0 Å². The van der Waals surface area contributed by atoms with Crippen LogP contribution in [-0.2, 0) is 35.2 Å². The minimum Gasteiger partial charge on any atom is -0.480 e. The first-order chi connectivity index (χ1) is 16.3. The number of hydrogen-bond acceptors (Lipinski definition) is 9. The monoisotopic (exact) mass is 498 g/mol. The number of nitrogens with zero attached hydrogens (tertiary/aromatic N) is 1. The maximum atomic E-state index is 13.0. The zero-order chi connectivity index (χ0) is 26.7. The van der Waals surface area contributed by atoms with Crippen LogP contribution < -0.4 is 33.2 Å². The van der Waals surface area contributed by atoms with Crippen molar-refractivity contribution in [1.82, 2.24) is 25.9 Å². The van der Waals surface area contributed by atoms with E-state index < -0.39 is 72.2 Å². The number of carbonyl (C=O) groups excluding carboxylic acids is 5. The van der Waals surface area contributed by atoms with E-state index in [4.69, 9.17) is 22.3 Å². The Balaban J connectivity index is 3.01. The highest BCUT2D eigenvalue weighted by Crippen LogP contribution is 2.04. The van der Waals surface area contributed by atoms with Crippen molar-refractivity contribution in [3.8, 4) is 0 Å². The largest absolute Gasteiger partial charge is 0.480 e. The number of hydrogen-bond donors (Lipinski definition) is 9. The van der Waals surface area contributed by atoms with Crippen LogP contribution in [0.3, 0.4) is 0 Å². The molecule has 194 valence electrons. The van der Waals surface area contributed by atoms with Gasteiger partial charge in [-0.2, -0.15) is 0 Å². The summed E-state index contributed by atoms with van der Waals surface area (Å²) in [6.45, 7) is 1.16. The first-order valence-corrected chi connectivity index (χ1v) is 10.4. The van der Waals surface area contributed by atoms with E-state index in [-0.39, 0.29) is 19.3 Å². The highest BCUT2D eigenvalue weighted by Gasteiger charge is 2.33. The van der Waals surface area contributed by atoms with Crippen molar-refractivity contribution >= 4 is 35.5 Å². The number of aliphatic hydroxyl groups excluding tert-OH is 1. The summed E-state index contributed by atoms with van der Waals surface area (Å²) in [5.41, 5.74) is 16.2. The number of aromatic nitrogens is 2. The molecular formula is C19H30N8O8. The van der Waals surface area contributed by atoms with Crippen LogP contribution in [-0.4, -0.2) is 86.0 Å². The third-order valence-electron chi connectivity index (χ3n) is 4.73. The van der Waals surface area contributed by atoms with Crippen LogP contribution in [0.25, 0.3) is 0 Å². The summed E-state index contributed by atoms with van der Waals surface area (Å²) < 4.78 is 0. The maximum Gasteiger partial charge on any atom is 0.326 e. The smallest absolute Gasteiger partial charge is 0.326 e. The predicted octanol–water partition coefficient (Wildman–Crippen LogP) is -4.66. The molecule has 0 aromatic carbocycles. The summed E-state index contributed by atoms with van der Waals surface area (Å²) in [4.78, 5) is 77.8. The van der Waals surface area contributed by atoms with Crippen LogP contribution in [0.5, 0.6) is 0 Å². The number of carbonyl (C=O) groups is 6. The second-order valence-electron chi connectivity index (χ2n) is 7.75. The molecule has 1 rings (SSSR count). The van der Waals surface area contributed by atoms with Crippen LogP contribution in [0.4, 0.5) is 0 Å². The second-order valence-corrected chi connectivity index (χ2v) is 7.75. The van der Waals surface area contributed by atoms with Gasteiger partial charge in [-0.15, -0.1) is 0 Å². The number of carboxylic acid groups (broad SMARTS) is 1. The van der Waals surface area contributed by atoms with Crippen LogP contribution in [0.1, 0.15) is 31.9 Å². The first kappa shape index (κ1) is 29.0. The average molecular weight is 498 g/mol. The topological polar surface area (TPSA) is 286 Å². The molecule has 12 N–H and O–H groups in total. The Morgan fingerprint density at radius 3 is 2.11 bits per heavy atom. The number of carboxylic acids is 1. The number of imidazole rings is 1. The molecule has 16 heteroatoms. The van der Waals surface area contributed by atoms with Gasteiger partial charge in [0.15, 0.2) is 0 Å². The Kier molecular flexibility index (Phi) is 11.3. The summed E-state index contributed by atoms with van der Waals surface area (Å²) in [6.07, 6.45) is 0.155. The number of aliphatic hydroxyl groups is 1. The summed E-state index contributed by atoms with van der Waals surface area (Å²) >= 11 is 0. The van der Waals surface area contributed by atoms with Crippen LogP contribution in [0.2, 0.25) is 0 Å². The number of aromatic amines is 1. The highest BCUT2D eigenvalue weighted by molar-refractivity contribution is 5.95. The van der Waals surface area contributed by atoms with Crippen molar-refractivity contribution in [3.63, 3.8) is 0 Å². The minimum absolute atomic E-state index is 0.0747. The molecule has 0 aliphatic heterocycles. The van der Waals surface area contributed by atoms with E-state index >= 15 is 0 Å². The molecule has 1 aromatic rings. The molecule has 35 heavy (non-hydrogen) atoms. The molecule has 5 amide bonds. The molecule has 0 radical (unpaired) electrons. The maximum absolute atomic E-state index is 13.0. The molecule has 0 bridgehead atoms. The molecule has 0 aliphatic carbocycles. The van der Waals surface area contributed by atoms with Gasteiger partial charge in [0.1, 0.15) is 18.1 Å². The Morgan fingerprint density at radius 2 is 1.63 bits per heavy atom. The van der Waals surface area contributed by atoms with Crippen molar-refractivity contribution in [2.45, 2.75) is 62.9 Å². The van der Waals surface area contributed by atoms with Gasteiger partial charge in [0.05, 0.1) is 24.9 Å². The lowest BCUT2D eigenvalue weighted by Crippen LogP contribution is -2.60. The van der Waals surface area contributed by atoms with Crippen molar-refractivity contribution in [2.75, 3.05) is 0 Å². The third kappa shape index (κ3) is 10.2. The van der Waals surface area contributed by atoms with Gasteiger partial charge >= 0.3 is 5.97 Å². The Morgan fingerprint density at radius 1 is 1.00 bits per heavy atom. The Hall–Kier alpha value is -4.05. The fourth-order valence-corrected chi connectivity index (χ4v) is 2.85. The zero-order valence-corrected chi connectivity index (χ0v) is 18.9. The number of H-pyrrole nitrogens is 1. The molecular weight excluding hydrogens is 468 g/mol. The summed E-state index contributed by atoms with van der Waals surface area (Å²) in [5, 5.41) is 25.9. The number of aliphatic carboxylic acids is 1. The van der Waals surface area contributed by atoms with E-state index in [0.717, 1.165) is 6.92 Å². The standard InChI is InChI=1S/C19H30N8O8/c1-8(28)15(18(33)26-12(19(34)35)5-14(22)30)27-17(32)11(4-9-6-23-7-24-9)25-16(31)10(20)2-3-13(21)29/h6-8,10-12,15,28H,2-5,20H2,1H3,(H2,21,29)(H2,22,30)(H,23,24)(H,25,31)(H,26,33)(H,27,32)(H,34,35). The highest BCUT2D eigenvalue weighted by atomic mass is 16.4. The summed E-state index contributed by atoms with van der Waals surface area (Å²) in [5.74, 6) is -6.02. The molecule has 0 spiro atoms. The van der Waals surface area contributed by atoms with Gasteiger partial charge in [0, 0.05) is 24.7 Å². The molecule has 5 unspecified atom stereocenters. The number of rotatable bonds is 15. The quantitative estimate of drug-likeness (QED) is 0.111. The van der Waals surface area contributed by atoms with Crippen LogP contribution in [0.15, 0.2) is 12.5 Å². The lowest BCUT2D eigenvalue weighted by molar-refractivity contribution is -0.144. The molecule has 0 saturated heterocycles. The van der Waals surface area contributed by atoms with E-state index in [1.807, 2.05) is 5.32 Å². The SMILES string of the molecule is CC(O)C(NC(=O)C(Cc1cnc[nH]1)NC(=O)C(N)CCC(N)=O)C(=O)NC(CC(N)=O)C(=O)O. The molecule has 0 aliphatic rings. The predicted molar refractivity (Wildman–Crippen MR) is 118 cm³/mol. The normalized spacial score (nSPS) is 15.1. The number of nitrogens with one attached hydrogen (secondary N) is 4. The van der Waals surface area contributed by atoms with E-state index in [1.54, 1.807) is 0 Å². The van der Waals surface area contributed by atoms with Crippen molar-refractivity contribution in [3.05, 3.63) is 18.2 Å². The van der Waals surface area contributed by atoms with E-state index in [9.17, 15) is 33.9 Å². The summed E-state index contributed by atoms with van der Waals surface area (Å²) in [7, 11) is 0. The Bertz CT molecular complexity index is 920. The van der Waals surface area contributed by atoms with E-state index in [2.05, 4.69) is 20.6 Å². The average Bonchev–Trinajstić information content (AvgIpc) is 3.26. The van der Waals surface area contributed by atoms with Gasteiger partial charge in [-0.05, 0) is 13.3 Å². The van der Waals surface area contributed by atoms with E-state index in [1.165, 1.54) is 12.5 Å². The number of primary amides is 2. The van der Waals surface area contributed by atoms with Crippen molar-refractivity contribution in [2.24, 2.45) is 17.2 Å². The molecule has 0 fully saturated rings. The molecule has 5 atom stereocenters. The van der Waals surface area contributed by atoms with Crippen LogP contribution in [0, 0.1) is 0 Å². The lowest BCUT2D eigenvalue weighted by Gasteiger charge is -2.26. The van der Waals surface area contributed by atoms with Gasteiger partial charge < -0.3 is 48.3 Å². The molecule has 16 nitrogen and oxygen atoms in total. The van der Waals surface area contributed by atoms with Gasteiger partial charge in [-0.1, -0.05) is 0 Å². The number of nitrogens with two attached hydrogens (primary N) is 3. The van der Waals surface area contributed by atoms with Gasteiger partial charge in [-0.3, -0.25) is 24.0 Å². The minimum atomic E-state index is -1.69. The zero-order valence-electron chi connectivity index (χ0n) is 18.9. The van der Waals surface area contributed by atoms with Gasteiger partial charge in [0.25, 0.3) is 0 Å². The molecule has 1 aromatic heterocycles. The fraction of sp³-hybridized carbons (Fsp3) is 0.526. The third-order valence-corrected chi connectivity index (χ3v) is 4.73.